The van der Waals surface area contributed by atoms with Gasteiger partial charge in [0.25, 0.3) is 5.91 Å². The number of hydrogen-bond donors (Lipinski definition) is 1. The number of aliphatic carboxylic acids is 1. The molecule has 0 heterocycles. The molecule has 0 saturated heterocycles. The molecule has 6 heteroatoms. The van der Waals surface area contributed by atoms with Gasteiger partial charge in [0.05, 0.1) is 11.1 Å². The Labute approximate surface area is 164 Å². The number of halogens is 1. The highest BCUT2D eigenvalue weighted by Crippen LogP contribution is 2.25. The van der Waals surface area contributed by atoms with Gasteiger partial charge >= 0.3 is 0 Å². The smallest absolute Gasteiger partial charge is 0.258 e. The first-order chi connectivity index (χ1) is 12.7. The normalized spacial score (nSPS) is 12.3. The van der Waals surface area contributed by atoms with Gasteiger partial charge in [-0.25, -0.2) is 0 Å². The number of carbonyl (C=O) groups excluding carboxylic acids is 2. The molecule has 2 aromatic rings. The molecule has 0 aromatic heterocycles. The molecule has 0 aliphatic carbocycles. The molecule has 0 radical (unpaired) electrons. The average Bonchev–Trinajstić information content (AvgIpc) is 2.59. The maximum Gasteiger partial charge on any atom is 0.258 e. The predicted octanol–water partition coefficient (Wildman–Crippen LogP) is 3.01. The maximum absolute atomic E-state index is 12.2. The first kappa shape index (κ1) is 20.8. The Hall–Kier alpha value is -2.53. The van der Waals surface area contributed by atoms with E-state index < -0.39 is 17.9 Å². The topological polar surface area (TPSA) is 78.5 Å². The molecule has 0 bridgehead atoms. The third-order valence-electron chi connectivity index (χ3n) is 4.08. The van der Waals surface area contributed by atoms with E-state index in [4.69, 9.17) is 16.3 Å². The van der Waals surface area contributed by atoms with Gasteiger partial charge in [-0.2, -0.15) is 0 Å². The van der Waals surface area contributed by atoms with Gasteiger partial charge < -0.3 is 20.0 Å². The Kier molecular flexibility index (Phi) is 6.86. The van der Waals surface area contributed by atoms with Crippen LogP contribution in [0.5, 0.6) is 5.75 Å². The number of benzene rings is 2. The van der Waals surface area contributed by atoms with Crippen molar-refractivity contribution in [3.8, 4) is 5.75 Å². The van der Waals surface area contributed by atoms with Crippen LogP contribution < -0.4 is 15.2 Å². The predicted molar refractivity (Wildman–Crippen MR) is 103 cm³/mol. The molecule has 1 atom stereocenters. The summed E-state index contributed by atoms with van der Waals surface area (Å²) >= 11 is 5.99. The van der Waals surface area contributed by atoms with Crippen LogP contribution in [0.4, 0.5) is 0 Å². The minimum atomic E-state index is -1.24. The van der Waals surface area contributed by atoms with Gasteiger partial charge in [-0.3, -0.25) is 4.79 Å². The van der Waals surface area contributed by atoms with E-state index >= 15 is 0 Å². The summed E-state index contributed by atoms with van der Waals surface area (Å²) in [5, 5.41) is 14.2. The fourth-order valence-corrected chi connectivity index (χ4v) is 2.77. The largest absolute Gasteiger partial charge is 0.550 e. The quantitative estimate of drug-likeness (QED) is 0.790. The fraction of sp³-hybridized carbons (Fsp3) is 0.333. The Morgan fingerprint density at radius 1 is 1.11 bits per heavy atom. The first-order valence-electron chi connectivity index (χ1n) is 8.64. The molecular weight excluding hydrogens is 366 g/mol. The van der Waals surface area contributed by atoms with Crippen LogP contribution in [0.3, 0.4) is 0 Å². The van der Waals surface area contributed by atoms with Gasteiger partial charge in [0, 0.05) is 12.4 Å². The molecule has 1 amide bonds. The molecule has 0 unspecified atom stereocenters. The third kappa shape index (κ3) is 6.29. The van der Waals surface area contributed by atoms with E-state index in [0.717, 1.165) is 5.56 Å². The van der Waals surface area contributed by atoms with E-state index in [9.17, 15) is 14.7 Å². The molecule has 2 rings (SSSR count). The van der Waals surface area contributed by atoms with Gasteiger partial charge in [-0.15, -0.1) is 0 Å². The summed E-state index contributed by atoms with van der Waals surface area (Å²) in [4.78, 5) is 23.3. The van der Waals surface area contributed by atoms with Crippen LogP contribution in [0, 0.1) is 0 Å². The van der Waals surface area contributed by atoms with Crippen LogP contribution in [-0.4, -0.2) is 18.5 Å². The lowest BCUT2D eigenvalue weighted by molar-refractivity contribution is -0.306. The molecule has 27 heavy (non-hydrogen) atoms. The zero-order valence-electron chi connectivity index (χ0n) is 15.6. The zero-order valence-corrected chi connectivity index (χ0v) is 16.4. The number of carbonyl (C=O) groups is 2. The van der Waals surface area contributed by atoms with Crippen molar-refractivity contribution in [2.75, 3.05) is 6.61 Å². The summed E-state index contributed by atoms with van der Waals surface area (Å²) in [5.41, 5.74) is 1.79. The summed E-state index contributed by atoms with van der Waals surface area (Å²) in [6.07, 6.45) is -0.327. The highest BCUT2D eigenvalue weighted by Gasteiger charge is 2.18. The van der Waals surface area contributed by atoms with Gasteiger partial charge in [-0.05, 0) is 28.7 Å². The van der Waals surface area contributed by atoms with E-state index in [-0.39, 0.29) is 18.4 Å². The fourth-order valence-electron chi connectivity index (χ4n) is 2.58. The van der Waals surface area contributed by atoms with Crippen LogP contribution in [-0.2, 0) is 15.0 Å². The first-order valence-corrected chi connectivity index (χ1v) is 9.01. The summed E-state index contributed by atoms with van der Waals surface area (Å²) in [7, 11) is 0. The van der Waals surface area contributed by atoms with Crippen molar-refractivity contribution in [2.45, 2.75) is 38.6 Å². The van der Waals surface area contributed by atoms with Crippen LogP contribution in [0.15, 0.2) is 48.5 Å². The number of amides is 1. The molecular formula is C21H23ClNO4-. The summed E-state index contributed by atoms with van der Waals surface area (Å²) in [5.74, 6) is -1.30. The molecule has 0 aliphatic rings. The van der Waals surface area contributed by atoms with E-state index in [0.29, 0.717) is 16.3 Å². The standard InChI is InChI=1S/C21H24ClNO4/c1-21(2,3)15-10-8-14(9-11-15)17(12-20(25)26)23-19(24)13-27-18-7-5-4-6-16(18)22/h4-11,17H,12-13H2,1-3H3,(H,23,24)(H,25,26)/p-1/t17-/m0/s1. The third-order valence-corrected chi connectivity index (χ3v) is 4.39. The van der Waals surface area contributed by atoms with E-state index in [1.165, 1.54) is 0 Å². The Bertz CT molecular complexity index is 797. The number of carboxylic acid groups (broad SMARTS) is 1. The second-order valence-electron chi connectivity index (χ2n) is 7.29. The van der Waals surface area contributed by atoms with Gasteiger partial charge in [0.15, 0.2) is 6.61 Å². The van der Waals surface area contributed by atoms with Crippen molar-refractivity contribution in [1.82, 2.24) is 5.32 Å². The zero-order chi connectivity index (χ0) is 20.0. The summed E-state index contributed by atoms with van der Waals surface area (Å²) in [6, 6.07) is 13.6. The van der Waals surface area contributed by atoms with Gasteiger partial charge in [0.2, 0.25) is 0 Å². The van der Waals surface area contributed by atoms with E-state index in [1.54, 1.807) is 24.3 Å². The van der Waals surface area contributed by atoms with Crippen molar-refractivity contribution in [3.05, 3.63) is 64.7 Å². The van der Waals surface area contributed by atoms with Crippen LogP contribution in [0.25, 0.3) is 0 Å². The second kappa shape index (κ2) is 8.91. The Morgan fingerprint density at radius 2 is 1.74 bits per heavy atom. The summed E-state index contributed by atoms with van der Waals surface area (Å²) < 4.78 is 5.40. The highest BCUT2D eigenvalue weighted by molar-refractivity contribution is 6.32. The molecule has 5 nitrogen and oxygen atoms in total. The number of nitrogens with one attached hydrogen (secondary N) is 1. The van der Waals surface area contributed by atoms with Crippen molar-refractivity contribution in [3.63, 3.8) is 0 Å². The Balaban J connectivity index is 2.06. The minimum absolute atomic E-state index is 0.0194. The van der Waals surface area contributed by atoms with Crippen molar-refractivity contribution in [2.24, 2.45) is 0 Å². The molecule has 144 valence electrons. The number of carboxylic acids is 1. The van der Waals surface area contributed by atoms with Crippen molar-refractivity contribution < 1.29 is 19.4 Å². The van der Waals surface area contributed by atoms with E-state index in [1.807, 2.05) is 24.3 Å². The molecule has 0 saturated carbocycles. The van der Waals surface area contributed by atoms with Crippen LogP contribution >= 0.6 is 11.6 Å². The van der Waals surface area contributed by atoms with Crippen molar-refractivity contribution >= 4 is 23.5 Å². The number of para-hydroxylation sites is 1. The number of hydrogen-bond acceptors (Lipinski definition) is 4. The lowest BCUT2D eigenvalue weighted by Gasteiger charge is -2.23. The van der Waals surface area contributed by atoms with Gasteiger partial charge in [0.1, 0.15) is 5.75 Å². The lowest BCUT2D eigenvalue weighted by atomic mass is 9.86. The minimum Gasteiger partial charge on any atom is -0.550 e. The number of rotatable bonds is 7. The maximum atomic E-state index is 12.2. The van der Waals surface area contributed by atoms with Crippen LogP contribution in [0.1, 0.15) is 44.4 Å². The van der Waals surface area contributed by atoms with Gasteiger partial charge in [-0.1, -0.05) is 68.8 Å². The summed E-state index contributed by atoms with van der Waals surface area (Å²) in [6.45, 7) is 6.00. The lowest BCUT2D eigenvalue weighted by Crippen LogP contribution is -2.36. The van der Waals surface area contributed by atoms with E-state index in [2.05, 4.69) is 26.1 Å². The second-order valence-corrected chi connectivity index (χ2v) is 7.69. The Morgan fingerprint density at radius 3 is 2.30 bits per heavy atom. The molecule has 0 aliphatic heterocycles. The van der Waals surface area contributed by atoms with Crippen molar-refractivity contribution in [1.29, 1.82) is 0 Å². The van der Waals surface area contributed by atoms with Crippen LogP contribution in [0.2, 0.25) is 5.02 Å². The molecule has 1 N–H and O–H groups in total. The highest BCUT2D eigenvalue weighted by atomic mass is 35.5. The molecule has 0 spiro atoms. The number of ether oxygens (including phenoxy) is 1. The average molecular weight is 389 g/mol. The SMILES string of the molecule is CC(C)(C)c1ccc([C@H](CC(=O)[O-])NC(=O)COc2ccccc2Cl)cc1. The monoisotopic (exact) mass is 388 g/mol. The molecule has 2 aromatic carbocycles. The molecule has 0 fully saturated rings.